The second-order valence-corrected chi connectivity index (χ2v) is 6.34. The zero-order chi connectivity index (χ0) is 18.5. The summed E-state index contributed by atoms with van der Waals surface area (Å²) >= 11 is 0. The Balaban J connectivity index is 1.56. The van der Waals surface area contributed by atoms with Gasteiger partial charge in [-0.3, -0.25) is 9.59 Å². The predicted octanol–water partition coefficient (Wildman–Crippen LogP) is 2.50. The van der Waals surface area contributed by atoms with E-state index >= 15 is 0 Å². The lowest BCUT2D eigenvalue weighted by Crippen LogP contribution is -2.32. The van der Waals surface area contributed by atoms with Crippen LogP contribution in [0, 0.1) is 11.7 Å². The van der Waals surface area contributed by atoms with Crippen LogP contribution in [0.25, 0.3) is 0 Å². The largest absolute Gasteiger partial charge is 0.497 e. The first-order valence-corrected chi connectivity index (χ1v) is 8.48. The fourth-order valence-corrected chi connectivity index (χ4v) is 3.06. The van der Waals surface area contributed by atoms with Crippen LogP contribution in [0.4, 0.5) is 4.39 Å². The molecular formula is C20H21FN2O3. The van der Waals surface area contributed by atoms with E-state index in [1.807, 2.05) is 24.3 Å². The topological polar surface area (TPSA) is 58.6 Å². The highest BCUT2D eigenvalue weighted by Crippen LogP contribution is 2.22. The summed E-state index contributed by atoms with van der Waals surface area (Å²) in [6.45, 7) is 0.915. The molecule has 1 heterocycles. The zero-order valence-electron chi connectivity index (χ0n) is 14.6. The molecule has 2 aromatic rings. The maximum absolute atomic E-state index is 13.6. The van der Waals surface area contributed by atoms with Gasteiger partial charge < -0.3 is 15.0 Å². The van der Waals surface area contributed by atoms with Gasteiger partial charge in [0.1, 0.15) is 11.6 Å². The average molecular weight is 356 g/mol. The monoisotopic (exact) mass is 356 g/mol. The minimum Gasteiger partial charge on any atom is -0.497 e. The summed E-state index contributed by atoms with van der Waals surface area (Å²) in [7, 11) is 1.59. The van der Waals surface area contributed by atoms with Gasteiger partial charge in [0.2, 0.25) is 11.8 Å². The first-order valence-electron chi connectivity index (χ1n) is 8.48. The summed E-state index contributed by atoms with van der Waals surface area (Å²) in [5.74, 6) is -0.322. The molecule has 2 amide bonds. The van der Waals surface area contributed by atoms with Crippen LogP contribution >= 0.6 is 0 Å². The van der Waals surface area contributed by atoms with Gasteiger partial charge in [0, 0.05) is 31.6 Å². The SMILES string of the molecule is COc1cccc(CN2CC(C(=O)NCc3ccccc3F)CC2=O)c1. The highest BCUT2D eigenvalue weighted by Gasteiger charge is 2.34. The number of carbonyl (C=O) groups is 2. The summed E-state index contributed by atoms with van der Waals surface area (Å²) in [5.41, 5.74) is 1.38. The lowest BCUT2D eigenvalue weighted by atomic mass is 10.1. The maximum Gasteiger partial charge on any atom is 0.225 e. The Labute approximate surface area is 151 Å². The number of ether oxygens (including phenoxy) is 1. The Morgan fingerprint density at radius 1 is 1.27 bits per heavy atom. The van der Waals surface area contributed by atoms with Crippen molar-refractivity contribution in [1.82, 2.24) is 10.2 Å². The van der Waals surface area contributed by atoms with Crippen molar-refractivity contribution in [1.29, 1.82) is 0 Å². The van der Waals surface area contributed by atoms with Crippen molar-refractivity contribution in [3.63, 3.8) is 0 Å². The zero-order valence-corrected chi connectivity index (χ0v) is 14.6. The van der Waals surface area contributed by atoms with Gasteiger partial charge in [0.15, 0.2) is 0 Å². The van der Waals surface area contributed by atoms with Crippen LogP contribution in [-0.4, -0.2) is 30.4 Å². The lowest BCUT2D eigenvalue weighted by Gasteiger charge is -2.17. The fraction of sp³-hybridized carbons (Fsp3) is 0.300. The van der Waals surface area contributed by atoms with Crippen molar-refractivity contribution in [2.45, 2.75) is 19.5 Å². The van der Waals surface area contributed by atoms with Crippen molar-refractivity contribution in [2.75, 3.05) is 13.7 Å². The number of hydrogen-bond acceptors (Lipinski definition) is 3. The van der Waals surface area contributed by atoms with Gasteiger partial charge in [-0.2, -0.15) is 0 Å². The maximum atomic E-state index is 13.6. The normalized spacial score (nSPS) is 16.6. The van der Waals surface area contributed by atoms with E-state index in [0.29, 0.717) is 18.7 Å². The van der Waals surface area contributed by atoms with Crippen LogP contribution in [0.3, 0.4) is 0 Å². The molecule has 1 saturated heterocycles. The lowest BCUT2D eigenvalue weighted by molar-refractivity contribution is -0.129. The molecule has 2 aromatic carbocycles. The molecule has 1 N–H and O–H groups in total. The fourth-order valence-electron chi connectivity index (χ4n) is 3.06. The average Bonchev–Trinajstić information content (AvgIpc) is 3.01. The van der Waals surface area contributed by atoms with Crippen molar-refractivity contribution in [2.24, 2.45) is 5.92 Å². The van der Waals surface area contributed by atoms with Crippen LogP contribution in [0.1, 0.15) is 17.5 Å². The molecule has 1 atom stereocenters. The Hall–Kier alpha value is -2.89. The summed E-state index contributed by atoms with van der Waals surface area (Å²) in [6.07, 6.45) is 0.174. The molecule has 1 unspecified atom stereocenters. The number of amides is 2. The van der Waals surface area contributed by atoms with E-state index in [4.69, 9.17) is 4.74 Å². The van der Waals surface area contributed by atoms with E-state index in [0.717, 1.165) is 11.3 Å². The molecule has 5 nitrogen and oxygen atoms in total. The molecule has 1 fully saturated rings. The number of methoxy groups -OCH3 is 1. The third-order valence-electron chi connectivity index (χ3n) is 4.50. The van der Waals surface area contributed by atoms with Crippen molar-refractivity contribution in [3.05, 3.63) is 65.5 Å². The molecule has 1 aliphatic heterocycles. The van der Waals surface area contributed by atoms with Crippen molar-refractivity contribution < 1.29 is 18.7 Å². The first kappa shape index (κ1) is 17.9. The van der Waals surface area contributed by atoms with E-state index in [1.165, 1.54) is 6.07 Å². The number of rotatable bonds is 6. The standard InChI is InChI=1S/C20H21FN2O3/c1-26-17-7-4-5-14(9-17)12-23-13-16(10-19(23)24)20(25)22-11-15-6-2-3-8-18(15)21/h2-9,16H,10-13H2,1H3,(H,22,25). The molecule has 0 aliphatic carbocycles. The Morgan fingerprint density at radius 3 is 2.85 bits per heavy atom. The molecule has 1 aliphatic rings. The van der Waals surface area contributed by atoms with Crippen molar-refractivity contribution in [3.8, 4) is 5.75 Å². The number of benzene rings is 2. The minimum atomic E-state index is -0.417. The molecule has 136 valence electrons. The third-order valence-corrected chi connectivity index (χ3v) is 4.50. The minimum absolute atomic E-state index is 0.0566. The number of carbonyl (C=O) groups excluding carboxylic acids is 2. The summed E-state index contributed by atoms with van der Waals surface area (Å²) in [6, 6.07) is 13.8. The van der Waals surface area contributed by atoms with Crippen LogP contribution in [0.5, 0.6) is 5.75 Å². The predicted molar refractivity (Wildman–Crippen MR) is 94.8 cm³/mol. The Bertz CT molecular complexity index is 809. The number of hydrogen-bond donors (Lipinski definition) is 1. The van der Waals surface area contributed by atoms with Crippen LogP contribution < -0.4 is 10.1 Å². The summed E-state index contributed by atoms with van der Waals surface area (Å²) in [5, 5.41) is 2.73. The number of halogens is 1. The quantitative estimate of drug-likeness (QED) is 0.865. The van der Waals surface area contributed by atoms with Crippen molar-refractivity contribution >= 4 is 11.8 Å². The molecule has 0 aromatic heterocycles. The van der Waals surface area contributed by atoms with Crippen LogP contribution in [0.2, 0.25) is 0 Å². The molecule has 0 saturated carbocycles. The van der Waals surface area contributed by atoms with Gasteiger partial charge in [-0.15, -0.1) is 0 Å². The first-order chi connectivity index (χ1) is 12.6. The smallest absolute Gasteiger partial charge is 0.225 e. The summed E-state index contributed by atoms with van der Waals surface area (Å²) in [4.78, 5) is 26.2. The Morgan fingerprint density at radius 2 is 2.08 bits per heavy atom. The third kappa shape index (κ3) is 4.20. The molecular weight excluding hydrogens is 335 g/mol. The van der Waals surface area contributed by atoms with Gasteiger partial charge in [-0.05, 0) is 23.8 Å². The van der Waals surface area contributed by atoms with Gasteiger partial charge in [0.25, 0.3) is 0 Å². The number of nitrogens with one attached hydrogen (secondary N) is 1. The van der Waals surface area contributed by atoms with Gasteiger partial charge in [0.05, 0.1) is 13.0 Å². The molecule has 0 spiro atoms. The van der Waals surface area contributed by atoms with Gasteiger partial charge in [-0.25, -0.2) is 4.39 Å². The molecule has 6 heteroatoms. The van der Waals surface area contributed by atoms with Gasteiger partial charge >= 0.3 is 0 Å². The second-order valence-electron chi connectivity index (χ2n) is 6.34. The molecule has 0 radical (unpaired) electrons. The highest BCUT2D eigenvalue weighted by molar-refractivity contribution is 5.89. The van der Waals surface area contributed by atoms with E-state index in [9.17, 15) is 14.0 Å². The van der Waals surface area contributed by atoms with Gasteiger partial charge in [-0.1, -0.05) is 30.3 Å². The highest BCUT2D eigenvalue weighted by atomic mass is 19.1. The number of likely N-dealkylation sites (tertiary alicyclic amines) is 1. The van der Waals surface area contributed by atoms with E-state index < -0.39 is 5.92 Å². The Kier molecular flexibility index (Phi) is 5.51. The molecule has 3 rings (SSSR count). The van der Waals surface area contributed by atoms with E-state index in [1.54, 1.807) is 30.2 Å². The molecule has 26 heavy (non-hydrogen) atoms. The van der Waals surface area contributed by atoms with Crippen LogP contribution in [-0.2, 0) is 22.7 Å². The van der Waals surface area contributed by atoms with Crippen LogP contribution in [0.15, 0.2) is 48.5 Å². The number of nitrogens with zero attached hydrogens (tertiary/aromatic N) is 1. The summed E-state index contributed by atoms with van der Waals surface area (Å²) < 4.78 is 18.8. The second kappa shape index (κ2) is 7.99. The molecule has 0 bridgehead atoms. The van der Waals surface area contributed by atoms with E-state index in [2.05, 4.69) is 5.32 Å². The van der Waals surface area contributed by atoms with E-state index in [-0.39, 0.29) is 30.6 Å².